The van der Waals surface area contributed by atoms with E-state index < -0.39 is 11.5 Å². The number of carbonyl (C=O) groups excluding carboxylic acids is 1. The van der Waals surface area contributed by atoms with Gasteiger partial charge in [0.25, 0.3) is 5.91 Å². The Kier molecular flexibility index (Phi) is 5.90. The van der Waals surface area contributed by atoms with Gasteiger partial charge in [-0.15, -0.1) is 0 Å². The van der Waals surface area contributed by atoms with Crippen LogP contribution in [0, 0.1) is 0 Å². The van der Waals surface area contributed by atoms with Crippen molar-refractivity contribution in [3.63, 3.8) is 0 Å². The monoisotopic (exact) mass is 292 g/mol. The number of hydrogen-bond donors (Lipinski definition) is 2. The van der Waals surface area contributed by atoms with Gasteiger partial charge in [0, 0.05) is 24.1 Å². The molecular weight excluding hydrogens is 268 g/mol. The van der Waals surface area contributed by atoms with Crippen LogP contribution in [0.25, 0.3) is 0 Å². The van der Waals surface area contributed by atoms with Crippen LogP contribution in [0.5, 0.6) is 0 Å². The summed E-state index contributed by atoms with van der Waals surface area (Å²) in [5.41, 5.74) is 1.11. The summed E-state index contributed by atoms with van der Waals surface area (Å²) >= 11 is 0. The van der Waals surface area contributed by atoms with E-state index in [1.165, 1.54) is 0 Å². The van der Waals surface area contributed by atoms with E-state index in [1.807, 2.05) is 51.0 Å². The lowest BCUT2D eigenvalue weighted by atomic mass is 9.97. The highest BCUT2D eigenvalue weighted by molar-refractivity contribution is 5.94. The molecular formula is C16H24N2O3. The standard InChI is InChI=1S/C16H24N2O3/c1-16(2,9-8-14(19)20)17-15(21)13-7-5-6-12(10-13)11-18(3)4/h5-7,10H,8-9,11H2,1-4H3,(H,17,21)(H,19,20). The number of benzene rings is 1. The maximum Gasteiger partial charge on any atom is 0.303 e. The van der Waals surface area contributed by atoms with Gasteiger partial charge in [0.15, 0.2) is 0 Å². The third-order valence-electron chi connectivity index (χ3n) is 3.10. The number of carboxylic acid groups (broad SMARTS) is 1. The first-order valence-electron chi connectivity index (χ1n) is 6.97. The highest BCUT2D eigenvalue weighted by Crippen LogP contribution is 2.14. The van der Waals surface area contributed by atoms with Crippen LogP contribution < -0.4 is 5.32 Å². The van der Waals surface area contributed by atoms with Gasteiger partial charge in [0.1, 0.15) is 0 Å². The van der Waals surface area contributed by atoms with Crippen molar-refractivity contribution in [1.82, 2.24) is 10.2 Å². The maximum atomic E-state index is 12.3. The fourth-order valence-corrected chi connectivity index (χ4v) is 2.04. The first-order chi connectivity index (χ1) is 9.69. The number of nitrogens with zero attached hydrogens (tertiary/aromatic N) is 1. The lowest BCUT2D eigenvalue weighted by Gasteiger charge is -2.25. The van der Waals surface area contributed by atoms with Crippen molar-refractivity contribution < 1.29 is 14.7 Å². The van der Waals surface area contributed by atoms with Gasteiger partial charge in [0.05, 0.1) is 0 Å². The fraction of sp³-hybridized carbons (Fsp3) is 0.500. The van der Waals surface area contributed by atoms with E-state index in [0.29, 0.717) is 12.0 Å². The molecule has 1 rings (SSSR count). The minimum atomic E-state index is -0.856. The summed E-state index contributed by atoms with van der Waals surface area (Å²) in [6.45, 7) is 4.43. The smallest absolute Gasteiger partial charge is 0.303 e. The largest absolute Gasteiger partial charge is 0.481 e. The molecule has 21 heavy (non-hydrogen) atoms. The van der Waals surface area contributed by atoms with E-state index in [1.54, 1.807) is 6.07 Å². The Morgan fingerprint density at radius 1 is 1.29 bits per heavy atom. The fourth-order valence-electron chi connectivity index (χ4n) is 2.04. The molecule has 0 saturated heterocycles. The van der Waals surface area contributed by atoms with Crippen molar-refractivity contribution in [2.75, 3.05) is 14.1 Å². The van der Waals surface area contributed by atoms with Gasteiger partial charge in [-0.3, -0.25) is 9.59 Å². The predicted molar refractivity (Wildman–Crippen MR) is 82.2 cm³/mol. The third kappa shape index (κ3) is 6.40. The zero-order valence-corrected chi connectivity index (χ0v) is 13.1. The molecule has 0 saturated carbocycles. The summed E-state index contributed by atoms with van der Waals surface area (Å²) in [4.78, 5) is 24.9. The van der Waals surface area contributed by atoms with Crippen molar-refractivity contribution in [1.29, 1.82) is 0 Å². The molecule has 0 aliphatic rings. The average molecular weight is 292 g/mol. The highest BCUT2D eigenvalue weighted by Gasteiger charge is 2.22. The van der Waals surface area contributed by atoms with Gasteiger partial charge in [0.2, 0.25) is 0 Å². The second-order valence-corrected chi connectivity index (χ2v) is 6.17. The number of nitrogens with one attached hydrogen (secondary N) is 1. The third-order valence-corrected chi connectivity index (χ3v) is 3.10. The molecule has 0 aliphatic heterocycles. The van der Waals surface area contributed by atoms with Crippen molar-refractivity contribution >= 4 is 11.9 Å². The Balaban J connectivity index is 2.72. The van der Waals surface area contributed by atoms with Gasteiger partial charge in [-0.1, -0.05) is 12.1 Å². The topological polar surface area (TPSA) is 69.6 Å². The van der Waals surface area contributed by atoms with Crippen molar-refractivity contribution in [2.45, 2.75) is 38.8 Å². The Hall–Kier alpha value is -1.88. The van der Waals surface area contributed by atoms with Gasteiger partial charge < -0.3 is 15.3 Å². The summed E-state index contributed by atoms with van der Waals surface area (Å²) in [6, 6.07) is 7.47. The van der Waals surface area contributed by atoms with Crippen LogP contribution in [0.1, 0.15) is 42.6 Å². The number of rotatable bonds is 7. The van der Waals surface area contributed by atoms with Crippen LogP contribution in [0.2, 0.25) is 0 Å². The first-order valence-corrected chi connectivity index (χ1v) is 6.97. The van der Waals surface area contributed by atoms with E-state index in [4.69, 9.17) is 5.11 Å². The summed E-state index contributed by atoms with van der Waals surface area (Å²) in [5, 5.41) is 11.6. The normalized spacial score (nSPS) is 11.5. The molecule has 0 aromatic heterocycles. The van der Waals surface area contributed by atoms with Crippen molar-refractivity contribution in [3.8, 4) is 0 Å². The molecule has 0 spiro atoms. The number of amides is 1. The number of hydrogen-bond acceptors (Lipinski definition) is 3. The molecule has 0 radical (unpaired) electrons. The van der Waals surface area contributed by atoms with Crippen LogP contribution in [0.3, 0.4) is 0 Å². The van der Waals surface area contributed by atoms with Gasteiger partial charge in [-0.2, -0.15) is 0 Å². The minimum Gasteiger partial charge on any atom is -0.481 e. The molecule has 0 atom stereocenters. The molecule has 0 unspecified atom stereocenters. The SMILES string of the molecule is CN(C)Cc1cccc(C(=O)NC(C)(C)CCC(=O)O)c1. The highest BCUT2D eigenvalue weighted by atomic mass is 16.4. The molecule has 1 aromatic rings. The van der Waals surface area contributed by atoms with Crippen LogP contribution in [-0.2, 0) is 11.3 Å². The number of carbonyl (C=O) groups is 2. The van der Waals surface area contributed by atoms with Gasteiger partial charge in [-0.25, -0.2) is 0 Å². The lowest BCUT2D eigenvalue weighted by molar-refractivity contribution is -0.137. The lowest BCUT2D eigenvalue weighted by Crippen LogP contribution is -2.43. The molecule has 1 aromatic carbocycles. The number of carboxylic acids is 1. The molecule has 5 heteroatoms. The predicted octanol–water partition coefficient (Wildman–Crippen LogP) is 2.12. The summed E-state index contributed by atoms with van der Waals surface area (Å²) in [7, 11) is 3.95. The summed E-state index contributed by atoms with van der Waals surface area (Å²) in [5.74, 6) is -1.03. The first kappa shape index (κ1) is 17.2. The number of aliphatic carboxylic acids is 1. The maximum absolute atomic E-state index is 12.3. The molecule has 1 amide bonds. The quantitative estimate of drug-likeness (QED) is 0.807. The molecule has 0 heterocycles. The summed E-state index contributed by atoms with van der Waals surface area (Å²) < 4.78 is 0. The van der Waals surface area contributed by atoms with E-state index in [9.17, 15) is 9.59 Å². The molecule has 5 nitrogen and oxygen atoms in total. The second-order valence-electron chi connectivity index (χ2n) is 6.17. The van der Waals surface area contributed by atoms with Crippen LogP contribution in [0.4, 0.5) is 0 Å². The Labute approximate surface area is 126 Å². The van der Waals surface area contributed by atoms with Crippen LogP contribution in [-0.4, -0.2) is 41.5 Å². The Morgan fingerprint density at radius 2 is 1.95 bits per heavy atom. The molecule has 2 N–H and O–H groups in total. The minimum absolute atomic E-state index is 0.0357. The van der Waals surface area contributed by atoms with E-state index in [-0.39, 0.29) is 12.3 Å². The molecule has 0 bridgehead atoms. The van der Waals surface area contributed by atoms with E-state index >= 15 is 0 Å². The second kappa shape index (κ2) is 7.22. The van der Waals surface area contributed by atoms with Crippen molar-refractivity contribution in [3.05, 3.63) is 35.4 Å². The van der Waals surface area contributed by atoms with Crippen LogP contribution >= 0.6 is 0 Å². The molecule has 116 valence electrons. The molecule has 0 fully saturated rings. The van der Waals surface area contributed by atoms with Crippen LogP contribution in [0.15, 0.2) is 24.3 Å². The Morgan fingerprint density at radius 3 is 2.52 bits per heavy atom. The van der Waals surface area contributed by atoms with Gasteiger partial charge >= 0.3 is 5.97 Å². The van der Waals surface area contributed by atoms with E-state index in [2.05, 4.69) is 5.32 Å². The van der Waals surface area contributed by atoms with Crippen molar-refractivity contribution in [2.24, 2.45) is 0 Å². The zero-order chi connectivity index (χ0) is 16.0. The van der Waals surface area contributed by atoms with E-state index in [0.717, 1.165) is 12.1 Å². The van der Waals surface area contributed by atoms with Gasteiger partial charge in [-0.05, 0) is 52.1 Å². The summed E-state index contributed by atoms with van der Waals surface area (Å²) in [6.07, 6.45) is 0.430. The molecule has 0 aliphatic carbocycles. The average Bonchev–Trinajstić information content (AvgIpc) is 2.35. The Bertz CT molecular complexity index is 510. The zero-order valence-electron chi connectivity index (χ0n) is 13.1.